The second-order valence-corrected chi connectivity index (χ2v) is 4.73. The standard InChI is InChI=1S/C14H15ClN2O2/c1-9-13(8-14(18)19-3)10(2)17(16-9)12-6-4-5-11(15)7-12/h4-7H,8H2,1-3H3. The number of methoxy groups -OCH3 is 1. The predicted molar refractivity (Wildman–Crippen MR) is 73.8 cm³/mol. The number of benzene rings is 1. The fraction of sp³-hybridized carbons (Fsp3) is 0.286. The highest BCUT2D eigenvalue weighted by molar-refractivity contribution is 6.30. The highest BCUT2D eigenvalue weighted by Gasteiger charge is 2.16. The summed E-state index contributed by atoms with van der Waals surface area (Å²) >= 11 is 5.99. The average Bonchev–Trinajstić information content (AvgIpc) is 2.66. The molecule has 1 heterocycles. The van der Waals surface area contributed by atoms with Crippen LogP contribution in [0.2, 0.25) is 5.02 Å². The van der Waals surface area contributed by atoms with E-state index in [-0.39, 0.29) is 12.4 Å². The number of carbonyl (C=O) groups excluding carboxylic acids is 1. The summed E-state index contributed by atoms with van der Waals surface area (Å²) in [6.45, 7) is 3.81. The maximum Gasteiger partial charge on any atom is 0.310 e. The van der Waals surface area contributed by atoms with Crippen LogP contribution in [0.25, 0.3) is 5.69 Å². The Morgan fingerprint density at radius 3 is 2.79 bits per heavy atom. The molecule has 2 aromatic rings. The van der Waals surface area contributed by atoms with E-state index < -0.39 is 0 Å². The first kappa shape index (κ1) is 13.6. The molecule has 2 rings (SSSR count). The molecular formula is C14H15ClN2O2. The predicted octanol–water partition coefficient (Wildman–Crippen LogP) is 2.86. The molecule has 0 aliphatic rings. The summed E-state index contributed by atoms with van der Waals surface area (Å²) in [5.74, 6) is -0.267. The molecule has 0 amide bonds. The van der Waals surface area contributed by atoms with Gasteiger partial charge in [0.1, 0.15) is 0 Å². The van der Waals surface area contributed by atoms with Gasteiger partial charge in [0.15, 0.2) is 0 Å². The SMILES string of the molecule is COC(=O)Cc1c(C)nn(-c2cccc(Cl)c2)c1C. The molecule has 0 saturated heterocycles. The molecule has 0 unspecified atom stereocenters. The molecule has 100 valence electrons. The molecule has 0 fully saturated rings. The zero-order chi connectivity index (χ0) is 14.0. The Bertz CT molecular complexity index is 620. The number of hydrogen-bond donors (Lipinski definition) is 0. The van der Waals surface area contributed by atoms with Gasteiger partial charge in [-0.1, -0.05) is 17.7 Å². The van der Waals surface area contributed by atoms with Crippen molar-refractivity contribution in [1.29, 1.82) is 0 Å². The number of rotatable bonds is 3. The zero-order valence-corrected chi connectivity index (χ0v) is 11.9. The van der Waals surface area contributed by atoms with Gasteiger partial charge in [-0.25, -0.2) is 4.68 Å². The van der Waals surface area contributed by atoms with Gasteiger partial charge in [0.2, 0.25) is 0 Å². The molecule has 5 heteroatoms. The number of hydrogen-bond acceptors (Lipinski definition) is 3. The summed E-state index contributed by atoms with van der Waals surface area (Å²) in [7, 11) is 1.38. The molecule has 0 aliphatic carbocycles. The second kappa shape index (κ2) is 5.45. The number of esters is 1. The third-order valence-corrected chi connectivity index (χ3v) is 3.28. The van der Waals surface area contributed by atoms with E-state index in [1.807, 2.05) is 38.1 Å². The van der Waals surface area contributed by atoms with Gasteiger partial charge in [0.05, 0.1) is 24.9 Å². The number of halogens is 1. The molecule has 0 bridgehead atoms. The first-order chi connectivity index (χ1) is 9.02. The van der Waals surface area contributed by atoms with Crippen molar-refractivity contribution in [1.82, 2.24) is 9.78 Å². The Morgan fingerprint density at radius 1 is 1.42 bits per heavy atom. The van der Waals surface area contributed by atoms with Crippen LogP contribution in [0.5, 0.6) is 0 Å². The van der Waals surface area contributed by atoms with Crippen molar-refractivity contribution in [2.24, 2.45) is 0 Å². The Hall–Kier alpha value is -1.81. The van der Waals surface area contributed by atoms with E-state index in [0.717, 1.165) is 22.6 Å². The smallest absolute Gasteiger partial charge is 0.310 e. The van der Waals surface area contributed by atoms with E-state index in [1.54, 1.807) is 4.68 Å². The topological polar surface area (TPSA) is 44.1 Å². The van der Waals surface area contributed by atoms with Crippen molar-refractivity contribution in [3.8, 4) is 5.69 Å². The average molecular weight is 279 g/mol. The molecular weight excluding hydrogens is 264 g/mol. The van der Waals surface area contributed by atoms with Crippen LogP contribution < -0.4 is 0 Å². The third kappa shape index (κ3) is 2.79. The Morgan fingerprint density at radius 2 is 2.16 bits per heavy atom. The van der Waals surface area contributed by atoms with E-state index in [4.69, 9.17) is 16.3 Å². The quantitative estimate of drug-likeness (QED) is 0.811. The normalized spacial score (nSPS) is 10.5. The monoisotopic (exact) mass is 278 g/mol. The van der Waals surface area contributed by atoms with E-state index in [2.05, 4.69) is 5.10 Å². The number of nitrogens with zero attached hydrogens (tertiary/aromatic N) is 2. The molecule has 0 radical (unpaired) electrons. The minimum absolute atomic E-state index is 0.231. The minimum Gasteiger partial charge on any atom is -0.469 e. The van der Waals surface area contributed by atoms with Gasteiger partial charge < -0.3 is 4.74 Å². The molecule has 1 aromatic carbocycles. The minimum atomic E-state index is -0.267. The fourth-order valence-corrected chi connectivity index (χ4v) is 2.19. The number of ether oxygens (including phenoxy) is 1. The third-order valence-electron chi connectivity index (χ3n) is 3.04. The van der Waals surface area contributed by atoms with Gasteiger partial charge >= 0.3 is 5.97 Å². The first-order valence-corrected chi connectivity index (χ1v) is 6.28. The molecule has 0 spiro atoms. The molecule has 1 aromatic heterocycles. The van der Waals surface area contributed by atoms with Gasteiger partial charge in [-0.15, -0.1) is 0 Å². The van der Waals surface area contributed by atoms with Crippen LogP contribution in [0.4, 0.5) is 0 Å². The molecule has 0 atom stereocenters. The molecule has 0 aliphatic heterocycles. The summed E-state index contributed by atoms with van der Waals surface area (Å²) in [6.07, 6.45) is 0.231. The molecule has 4 nitrogen and oxygen atoms in total. The zero-order valence-electron chi connectivity index (χ0n) is 11.1. The summed E-state index contributed by atoms with van der Waals surface area (Å²) < 4.78 is 6.49. The lowest BCUT2D eigenvalue weighted by atomic mass is 10.1. The Balaban J connectivity index is 2.44. The highest BCUT2D eigenvalue weighted by atomic mass is 35.5. The largest absolute Gasteiger partial charge is 0.469 e. The summed E-state index contributed by atoms with van der Waals surface area (Å²) in [5, 5.41) is 5.11. The van der Waals surface area contributed by atoms with Crippen molar-refractivity contribution < 1.29 is 9.53 Å². The van der Waals surface area contributed by atoms with Crippen LogP contribution in [0.3, 0.4) is 0 Å². The highest BCUT2D eigenvalue weighted by Crippen LogP contribution is 2.20. The van der Waals surface area contributed by atoms with Gasteiger partial charge in [-0.2, -0.15) is 5.10 Å². The maximum absolute atomic E-state index is 11.4. The summed E-state index contributed by atoms with van der Waals surface area (Å²) in [4.78, 5) is 11.4. The lowest BCUT2D eigenvalue weighted by Gasteiger charge is -2.05. The van der Waals surface area contributed by atoms with E-state index in [9.17, 15) is 4.79 Å². The van der Waals surface area contributed by atoms with E-state index >= 15 is 0 Å². The van der Waals surface area contributed by atoms with Crippen molar-refractivity contribution in [2.45, 2.75) is 20.3 Å². The van der Waals surface area contributed by atoms with Crippen LogP contribution in [0.1, 0.15) is 17.0 Å². The van der Waals surface area contributed by atoms with Crippen molar-refractivity contribution in [3.63, 3.8) is 0 Å². The molecule has 0 N–H and O–H groups in total. The summed E-state index contributed by atoms with van der Waals surface area (Å²) in [6, 6.07) is 7.44. The van der Waals surface area contributed by atoms with Gasteiger partial charge in [0, 0.05) is 16.3 Å². The molecule has 19 heavy (non-hydrogen) atoms. The lowest BCUT2D eigenvalue weighted by molar-refractivity contribution is -0.139. The van der Waals surface area contributed by atoms with Gasteiger partial charge in [-0.3, -0.25) is 4.79 Å². The van der Waals surface area contributed by atoms with Crippen LogP contribution >= 0.6 is 11.6 Å². The van der Waals surface area contributed by atoms with Crippen molar-refractivity contribution in [2.75, 3.05) is 7.11 Å². The Labute approximate surface area is 116 Å². The van der Waals surface area contributed by atoms with Gasteiger partial charge in [-0.05, 0) is 32.0 Å². The number of aromatic nitrogens is 2. The van der Waals surface area contributed by atoms with Crippen molar-refractivity contribution in [3.05, 3.63) is 46.2 Å². The van der Waals surface area contributed by atoms with Crippen LogP contribution in [0, 0.1) is 13.8 Å². The van der Waals surface area contributed by atoms with Crippen LogP contribution in [-0.4, -0.2) is 22.9 Å². The number of aryl methyl sites for hydroxylation is 1. The van der Waals surface area contributed by atoms with E-state index in [1.165, 1.54) is 7.11 Å². The van der Waals surface area contributed by atoms with E-state index in [0.29, 0.717) is 5.02 Å². The van der Waals surface area contributed by atoms with Gasteiger partial charge in [0.25, 0.3) is 0 Å². The van der Waals surface area contributed by atoms with Crippen LogP contribution in [-0.2, 0) is 16.0 Å². The lowest BCUT2D eigenvalue weighted by Crippen LogP contribution is -2.06. The maximum atomic E-state index is 11.4. The summed E-state index contributed by atoms with van der Waals surface area (Å²) in [5.41, 5.74) is 3.52. The second-order valence-electron chi connectivity index (χ2n) is 4.29. The van der Waals surface area contributed by atoms with Crippen LogP contribution in [0.15, 0.2) is 24.3 Å². The Kier molecular flexibility index (Phi) is 3.90. The van der Waals surface area contributed by atoms with Crippen molar-refractivity contribution >= 4 is 17.6 Å². The number of carbonyl (C=O) groups is 1. The first-order valence-electron chi connectivity index (χ1n) is 5.90. The fourth-order valence-electron chi connectivity index (χ4n) is 2.01. The molecule has 0 saturated carbocycles.